The Hall–Kier alpha value is -1.36. The molecule has 2 rings (SSSR count). The highest BCUT2D eigenvalue weighted by molar-refractivity contribution is 5.96. The van der Waals surface area contributed by atoms with E-state index >= 15 is 0 Å². The van der Waals surface area contributed by atoms with E-state index in [0.717, 1.165) is 37.2 Å². The number of piperidine rings is 1. The smallest absolute Gasteiger partial charge is 0.256 e. The number of amides is 1. The van der Waals surface area contributed by atoms with E-state index in [1.807, 2.05) is 6.92 Å². The minimum absolute atomic E-state index is 0.0660. The van der Waals surface area contributed by atoms with E-state index in [1.165, 1.54) is 6.42 Å². The van der Waals surface area contributed by atoms with Crippen molar-refractivity contribution in [1.82, 2.24) is 15.4 Å². The van der Waals surface area contributed by atoms with E-state index in [-0.39, 0.29) is 5.91 Å². The first-order chi connectivity index (χ1) is 10.0. The van der Waals surface area contributed by atoms with Crippen LogP contribution in [0.3, 0.4) is 0 Å². The van der Waals surface area contributed by atoms with Crippen LogP contribution in [0.1, 0.15) is 49.0 Å². The average molecular weight is 293 g/mol. The summed E-state index contributed by atoms with van der Waals surface area (Å²) >= 11 is 0. The fourth-order valence-electron chi connectivity index (χ4n) is 3.34. The summed E-state index contributed by atoms with van der Waals surface area (Å²) in [4.78, 5) is 14.7. The first-order valence-corrected chi connectivity index (χ1v) is 7.97. The van der Waals surface area contributed by atoms with Crippen LogP contribution in [0.25, 0.3) is 0 Å². The Morgan fingerprint density at radius 2 is 2.05 bits per heavy atom. The molecule has 2 heterocycles. The number of hydrogen-bond acceptors (Lipinski definition) is 4. The number of aromatic nitrogens is 1. The van der Waals surface area contributed by atoms with Crippen molar-refractivity contribution in [3.63, 3.8) is 0 Å². The predicted octanol–water partition coefficient (Wildman–Crippen LogP) is 2.25. The van der Waals surface area contributed by atoms with Crippen molar-refractivity contribution in [2.75, 3.05) is 26.2 Å². The SMILES string of the molecule is CCc1noc(C)c1C(=O)NCCN1C[C@H](C)C[C@H](C)C1. The van der Waals surface area contributed by atoms with Gasteiger partial charge < -0.3 is 14.7 Å². The number of hydrogen-bond donors (Lipinski definition) is 1. The third-order valence-electron chi connectivity index (χ3n) is 4.15. The minimum Gasteiger partial charge on any atom is -0.361 e. The second-order valence-corrected chi connectivity index (χ2v) is 6.38. The lowest BCUT2D eigenvalue weighted by molar-refractivity contribution is 0.0934. The topological polar surface area (TPSA) is 58.4 Å². The summed E-state index contributed by atoms with van der Waals surface area (Å²) in [6.45, 7) is 12.2. The van der Waals surface area contributed by atoms with Gasteiger partial charge in [0.25, 0.3) is 5.91 Å². The summed E-state index contributed by atoms with van der Waals surface area (Å²) in [5.74, 6) is 2.03. The van der Waals surface area contributed by atoms with Crippen molar-refractivity contribution in [2.45, 2.75) is 40.5 Å². The number of carbonyl (C=O) groups is 1. The van der Waals surface area contributed by atoms with Gasteiger partial charge in [0.15, 0.2) is 0 Å². The molecule has 1 amide bonds. The number of aryl methyl sites for hydroxylation is 2. The standard InChI is InChI=1S/C16H27N3O2/c1-5-14-15(13(4)21-18-14)16(20)17-6-7-19-9-11(2)8-12(3)10-19/h11-12H,5-10H2,1-4H3,(H,17,20)/t11-,12+. The van der Waals surface area contributed by atoms with Crippen molar-refractivity contribution in [3.8, 4) is 0 Å². The molecule has 0 saturated carbocycles. The summed E-state index contributed by atoms with van der Waals surface area (Å²) in [6, 6.07) is 0. The molecule has 0 spiro atoms. The highest BCUT2D eigenvalue weighted by Gasteiger charge is 2.22. The molecule has 0 bridgehead atoms. The Kier molecular flexibility index (Phi) is 5.39. The van der Waals surface area contributed by atoms with Gasteiger partial charge in [-0.3, -0.25) is 4.79 Å². The molecule has 21 heavy (non-hydrogen) atoms. The van der Waals surface area contributed by atoms with Crippen LogP contribution in [0.4, 0.5) is 0 Å². The molecule has 1 aliphatic heterocycles. The molecule has 1 aliphatic rings. The molecule has 0 radical (unpaired) electrons. The largest absolute Gasteiger partial charge is 0.361 e. The molecule has 0 unspecified atom stereocenters. The zero-order valence-corrected chi connectivity index (χ0v) is 13.6. The zero-order valence-electron chi connectivity index (χ0n) is 13.6. The van der Waals surface area contributed by atoms with Crippen molar-refractivity contribution in [1.29, 1.82) is 0 Å². The second-order valence-electron chi connectivity index (χ2n) is 6.38. The molecule has 118 valence electrons. The molecular formula is C16H27N3O2. The summed E-state index contributed by atoms with van der Waals surface area (Å²) in [5, 5.41) is 6.92. The normalized spacial score (nSPS) is 23.2. The van der Waals surface area contributed by atoms with Gasteiger partial charge in [0, 0.05) is 26.2 Å². The molecule has 2 atom stereocenters. The van der Waals surface area contributed by atoms with Crippen LogP contribution < -0.4 is 5.32 Å². The highest BCUT2D eigenvalue weighted by Crippen LogP contribution is 2.20. The maximum atomic E-state index is 12.2. The quantitative estimate of drug-likeness (QED) is 0.904. The van der Waals surface area contributed by atoms with Crippen LogP contribution in [-0.2, 0) is 6.42 Å². The average Bonchev–Trinajstić information content (AvgIpc) is 2.78. The van der Waals surface area contributed by atoms with E-state index in [2.05, 4.69) is 29.2 Å². The predicted molar refractivity (Wildman–Crippen MR) is 82.3 cm³/mol. The zero-order chi connectivity index (χ0) is 15.4. The first kappa shape index (κ1) is 16.0. The maximum absolute atomic E-state index is 12.2. The van der Waals surface area contributed by atoms with E-state index in [0.29, 0.717) is 24.3 Å². The van der Waals surface area contributed by atoms with Gasteiger partial charge in [-0.15, -0.1) is 0 Å². The Balaban J connectivity index is 1.83. The number of carbonyl (C=O) groups excluding carboxylic acids is 1. The van der Waals surface area contributed by atoms with Crippen LogP contribution in [0.2, 0.25) is 0 Å². The Labute approximate surface area is 127 Å². The Morgan fingerprint density at radius 1 is 1.38 bits per heavy atom. The van der Waals surface area contributed by atoms with Gasteiger partial charge in [0.05, 0.1) is 5.69 Å². The molecule has 5 heteroatoms. The Morgan fingerprint density at radius 3 is 2.67 bits per heavy atom. The van der Waals surface area contributed by atoms with Gasteiger partial charge in [-0.25, -0.2) is 0 Å². The molecule has 1 aromatic heterocycles. The summed E-state index contributed by atoms with van der Waals surface area (Å²) in [5.41, 5.74) is 1.35. The number of nitrogens with one attached hydrogen (secondary N) is 1. The third-order valence-corrected chi connectivity index (χ3v) is 4.15. The summed E-state index contributed by atoms with van der Waals surface area (Å²) in [7, 11) is 0. The van der Waals surface area contributed by atoms with Crippen molar-refractivity contribution in [2.24, 2.45) is 11.8 Å². The molecule has 5 nitrogen and oxygen atoms in total. The van der Waals surface area contributed by atoms with E-state index in [4.69, 9.17) is 4.52 Å². The van der Waals surface area contributed by atoms with Crippen molar-refractivity contribution in [3.05, 3.63) is 17.0 Å². The Bertz CT molecular complexity index is 474. The van der Waals surface area contributed by atoms with Gasteiger partial charge in [0.2, 0.25) is 0 Å². The molecular weight excluding hydrogens is 266 g/mol. The fourth-order valence-corrected chi connectivity index (χ4v) is 3.34. The van der Waals surface area contributed by atoms with Crippen LogP contribution in [0, 0.1) is 18.8 Å². The third kappa shape index (κ3) is 4.06. The van der Waals surface area contributed by atoms with Gasteiger partial charge in [0.1, 0.15) is 11.3 Å². The summed E-state index contributed by atoms with van der Waals surface area (Å²) < 4.78 is 5.11. The van der Waals surface area contributed by atoms with E-state index in [9.17, 15) is 4.79 Å². The van der Waals surface area contributed by atoms with Gasteiger partial charge >= 0.3 is 0 Å². The second kappa shape index (κ2) is 7.07. The van der Waals surface area contributed by atoms with Crippen LogP contribution >= 0.6 is 0 Å². The van der Waals surface area contributed by atoms with Crippen LogP contribution in [-0.4, -0.2) is 42.1 Å². The fraction of sp³-hybridized carbons (Fsp3) is 0.750. The van der Waals surface area contributed by atoms with Gasteiger partial charge in [-0.2, -0.15) is 0 Å². The first-order valence-electron chi connectivity index (χ1n) is 7.97. The highest BCUT2D eigenvalue weighted by atomic mass is 16.5. The van der Waals surface area contributed by atoms with Gasteiger partial charge in [-0.1, -0.05) is 25.9 Å². The lowest BCUT2D eigenvalue weighted by Crippen LogP contribution is -2.43. The van der Waals surface area contributed by atoms with Crippen molar-refractivity contribution >= 4 is 5.91 Å². The van der Waals surface area contributed by atoms with Gasteiger partial charge in [-0.05, 0) is 31.6 Å². The number of likely N-dealkylation sites (tertiary alicyclic amines) is 1. The number of nitrogens with zero attached hydrogens (tertiary/aromatic N) is 2. The molecule has 0 aromatic carbocycles. The molecule has 1 N–H and O–H groups in total. The summed E-state index contributed by atoms with van der Waals surface area (Å²) in [6.07, 6.45) is 2.02. The monoisotopic (exact) mass is 293 g/mol. The minimum atomic E-state index is -0.0660. The molecule has 1 saturated heterocycles. The molecule has 1 aromatic rings. The van der Waals surface area contributed by atoms with Crippen molar-refractivity contribution < 1.29 is 9.32 Å². The van der Waals surface area contributed by atoms with Crippen LogP contribution in [0.15, 0.2) is 4.52 Å². The lowest BCUT2D eigenvalue weighted by Gasteiger charge is -2.34. The van der Waals surface area contributed by atoms with E-state index in [1.54, 1.807) is 6.92 Å². The van der Waals surface area contributed by atoms with Crippen LogP contribution in [0.5, 0.6) is 0 Å². The molecule has 0 aliphatic carbocycles. The molecule has 1 fully saturated rings. The maximum Gasteiger partial charge on any atom is 0.256 e. The lowest BCUT2D eigenvalue weighted by atomic mass is 9.92. The number of rotatable bonds is 5. The van der Waals surface area contributed by atoms with E-state index < -0.39 is 0 Å².